The minimum absolute atomic E-state index is 0. The number of nitrogens with one attached hydrogen (secondary N) is 2. The number of nitrogens with zero attached hydrogens (tertiary/aromatic N) is 3. The predicted molar refractivity (Wildman–Crippen MR) is 138 cm³/mol. The zero-order valence-corrected chi connectivity index (χ0v) is 21.7. The predicted octanol–water partition coefficient (Wildman–Crippen LogP) is 2.47. The molecule has 2 N–H and O–H groups in total. The van der Waals surface area contributed by atoms with E-state index >= 15 is 0 Å². The molecule has 7 nitrogen and oxygen atoms in total. The van der Waals surface area contributed by atoms with Gasteiger partial charge in [-0.1, -0.05) is 12.1 Å². The Balaban J connectivity index is 0.00000341. The highest BCUT2D eigenvalue weighted by molar-refractivity contribution is 14.0. The monoisotopic (exact) mass is 545 g/mol. The lowest BCUT2D eigenvalue weighted by Crippen LogP contribution is -2.42. The van der Waals surface area contributed by atoms with E-state index in [1.54, 1.807) is 0 Å². The van der Waals surface area contributed by atoms with Crippen LogP contribution < -0.4 is 15.4 Å². The van der Waals surface area contributed by atoms with Gasteiger partial charge in [-0.05, 0) is 52.0 Å². The van der Waals surface area contributed by atoms with Gasteiger partial charge >= 0.3 is 0 Å². The Hall–Kier alpha value is -1.10. The second-order valence-electron chi connectivity index (χ2n) is 8.34. The van der Waals surface area contributed by atoms with Crippen LogP contribution in [0.2, 0.25) is 0 Å². The maximum absolute atomic E-state index is 6.21. The lowest BCUT2D eigenvalue weighted by molar-refractivity contribution is 0.140. The third-order valence-corrected chi connectivity index (χ3v) is 5.69. The molecule has 2 heterocycles. The van der Waals surface area contributed by atoms with Crippen molar-refractivity contribution in [2.24, 2.45) is 4.99 Å². The number of guanidine groups is 1. The molecule has 1 aromatic rings. The molecule has 1 atom stereocenters. The van der Waals surface area contributed by atoms with Gasteiger partial charge in [0.2, 0.25) is 0 Å². The van der Waals surface area contributed by atoms with Gasteiger partial charge in [-0.25, -0.2) is 4.99 Å². The molecule has 3 rings (SSSR count). The first kappa shape index (κ1) is 26.2. The summed E-state index contributed by atoms with van der Waals surface area (Å²) in [6, 6.07) is 6.36. The second-order valence-corrected chi connectivity index (χ2v) is 8.34. The van der Waals surface area contributed by atoms with Crippen molar-refractivity contribution in [2.75, 3.05) is 66.1 Å². The van der Waals surface area contributed by atoms with Crippen molar-refractivity contribution in [2.45, 2.75) is 39.3 Å². The fourth-order valence-corrected chi connectivity index (χ4v) is 3.85. The van der Waals surface area contributed by atoms with Gasteiger partial charge in [0, 0.05) is 44.7 Å². The van der Waals surface area contributed by atoms with Gasteiger partial charge < -0.3 is 29.9 Å². The maximum Gasteiger partial charge on any atom is 0.191 e. The summed E-state index contributed by atoms with van der Waals surface area (Å²) in [7, 11) is 2.21. The van der Waals surface area contributed by atoms with Crippen LogP contribution >= 0.6 is 24.0 Å². The molecule has 176 valence electrons. The van der Waals surface area contributed by atoms with Crippen LogP contribution in [0.15, 0.2) is 23.2 Å². The van der Waals surface area contributed by atoms with Crippen molar-refractivity contribution in [1.29, 1.82) is 0 Å². The third kappa shape index (κ3) is 9.11. The molecule has 2 saturated heterocycles. The van der Waals surface area contributed by atoms with Crippen LogP contribution in [-0.4, -0.2) is 87.9 Å². The van der Waals surface area contributed by atoms with E-state index in [-0.39, 0.29) is 30.1 Å². The molecule has 0 saturated carbocycles. The van der Waals surface area contributed by atoms with Gasteiger partial charge in [-0.2, -0.15) is 0 Å². The fraction of sp³-hybridized carbons (Fsp3) is 0.696. The first-order chi connectivity index (χ1) is 14.6. The Morgan fingerprint density at radius 1 is 1.23 bits per heavy atom. The van der Waals surface area contributed by atoms with Crippen molar-refractivity contribution >= 4 is 29.9 Å². The number of likely N-dealkylation sites (N-methyl/N-ethyl adjacent to an activating group) is 1. The quantitative estimate of drug-likeness (QED) is 0.298. The fourth-order valence-electron chi connectivity index (χ4n) is 3.85. The first-order valence-corrected chi connectivity index (χ1v) is 11.4. The molecular weight excluding hydrogens is 505 g/mol. The largest absolute Gasteiger partial charge is 0.488 e. The lowest BCUT2D eigenvalue weighted by Gasteiger charge is -2.21. The molecule has 2 aliphatic heterocycles. The van der Waals surface area contributed by atoms with E-state index in [9.17, 15) is 0 Å². The van der Waals surface area contributed by atoms with Crippen LogP contribution in [0.1, 0.15) is 30.9 Å². The SMILES string of the molecule is CCNC(=NCc1ccc(C)cc1OC1CCOC1)NCCN1CCCN(C)CC1.I. The van der Waals surface area contributed by atoms with E-state index in [0.717, 1.165) is 63.0 Å². The van der Waals surface area contributed by atoms with Crippen molar-refractivity contribution < 1.29 is 9.47 Å². The normalized spacial score (nSPS) is 20.7. The Bertz CT molecular complexity index is 682. The summed E-state index contributed by atoms with van der Waals surface area (Å²) in [4.78, 5) is 9.77. The zero-order chi connectivity index (χ0) is 21.2. The minimum atomic E-state index is 0. The number of halogens is 1. The Kier molecular flexibility index (Phi) is 11.9. The maximum atomic E-state index is 6.21. The summed E-state index contributed by atoms with van der Waals surface area (Å²) in [5.74, 6) is 1.79. The standard InChI is InChI=1S/C23H39N5O2.HI/c1-4-24-23(25-9-12-28-11-5-10-27(3)13-14-28)26-17-20-7-6-19(2)16-22(20)30-21-8-15-29-18-21;/h6-7,16,21H,4-5,8-15,17-18H2,1-3H3,(H2,24,25,26);1H. The highest BCUT2D eigenvalue weighted by Gasteiger charge is 2.19. The van der Waals surface area contributed by atoms with Crippen LogP contribution in [0.4, 0.5) is 0 Å². The number of ether oxygens (including phenoxy) is 2. The number of aryl methyl sites for hydroxylation is 1. The van der Waals surface area contributed by atoms with E-state index in [2.05, 4.69) is 59.5 Å². The molecule has 2 fully saturated rings. The highest BCUT2D eigenvalue weighted by Crippen LogP contribution is 2.24. The molecule has 8 heteroatoms. The van der Waals surface area contributed by atoms with Crippen LogP contribution in [0.25, 0.3) is 0 Å². The van der Waals surface area contributed by atoms with Gasteiger partial charge in [0.25, 0.3) is 0 Å². The Morgan fingerprint density at radius 3 is 2.87 bits per heavy atom. The summed E-state index contributed by atoms with van der Waals surface area (Å²) in [5, 5.41) is 6.86. The summed E-state index contributed by atoms with van der Waals surface area (Å²) in [5.41, 5.74) is 2.31. The van der Waals surface area contributed by atoms with Crippen molar-refractivity contribution in [3.8, 4) is 5.75 Å². The summed E-state index contributed by atoms with van der Waals surface area (Å²) in [6.45, 7) is 13.7. The van der Waals surface area contributed by atoms with E-state index in [4.69, 9.17) is 14.5 Å². The lowest BCUT2D eigenvalue weighted by atomic mass is 10.1. The van der Waals surface area contributed by atoms with Gasteiger partial charge in [-0.15, -0.1) is 24.0 Å². The second kappa shape index (κ2) is 14.1. The van der Waals surface area contributed by atoms with E-state index < -0.39 is 0 Å². The summed E-state index contributed by atoms with van der Waals surface area (Å²) in [6.07, 6.45) is 2.34. The summed E-state index contributed by atoms with van der Waals surface area (Å²) >= 11 is 0. The van der Waals surface area contributed by atoms with Crippen LogP contribution in [0.3, 0.4) is 0 Å². The average molecular weight is 546 g/mol. The smallest absolute Gasteiger partial charge is 0.191 e. The van der Waals surface area contributed by atoms with E-state index in [1.807, 2.05) is 0 Å². The Labute approximate surface area is 205 Å². The Morgan fingerprint density at radius 2 is 2.10 bits per heavy atom. The van der Waals surface area contributed by atoms with Crippen molar-refractivity contribution in [1.82, 2.24) is 20.4 Å². The first-order valence-electron chi connectivity index (χ1n) is 11.4. The highest BCUT2D eigenvalue weighted by atomic mass is 127. The molecule has 1 unspecified atom stereocenters. The number of rotatable bonds is 8. The molecule has 0 spiro atoms. The van der Waals surface area contributed by atoms with Gasteiger partial charge in [0.15, 0.2) is 5.96 Å². The molecule has 0 bridgehead atoms. The zero-order valence-electron chi connectivity index (χ0n) is 19.4. The molecule has 0 aliphatic carbocycles. The molecule has 2 aliphatic rings. The van der Waals surface area contributed by atoms with Crippen LogP contribution in [-0.2, 0) is 11.3 Å². The molecule has 0 amide bonds. The average Bonchev–Trinajstić information content (AvgIpc) is 3.15. The molecular formula is C23H40IN5O2. The van der Waals surface area contributed by atoms with Gasteiger partial charge in [0.05, 0.1) is 19.8 Å². The molecule has 31 heavy (non-hydrogen) atoms. The third-order valence-electron chi connectivity index (χ3n) is 5.69. The van der Waals surface area contributed by atoms with E-state index in [1.165, 1.54) is 25.1 Å². The van der Waals surface area contributed by atoms with Crippen LogP contribution in [0.5, 0.6) is 5.75 Å². The summed E-state index contributed by atoms with van der Waals surface area (Å²) < 4.78 is 11.7. The topological polar surface area (TPSA) is 61.4 Å². The van der Waals surface area contributed by atoms with Crippen LogP contribution in [0, 0.1) is 6.92 Å². The molecule has 0 aromatic heterocycles. The van der Waals surface area contributed by atoms with E-state index in [0.29, 0.717) is 13.2 Å². The minimum Gasteiger partial charge on any atom is -0.488 e. The number of hydrogen-bond acceptors (Lipinski definition) is 5. The van der Waals surface area contributed by atoms with Crippen molar-refractivity contribution in [3.05, 3.63) is 29.3 Å². The number of benzene rings is 1. The van der Waals surface area contributed by atoms with Crippen molar-refractivity contribution in [3.63, 3.8) is 0 Å². The van der Waals surface area contributed by atoms with Gasteiger partial charge in [0.1, 0.15) is 11.9 Å². The number of hydrogen-bond donors (Lipinski definition) is 2. The molecule has 0 radical (unpaired) electrons. The number of aliphatic imine (C=N–C) groups is 1. The molecule has 1 aromatic carbocycles. The van der Waals surface area contributed by atoms with Gasteiger partial charge in [-0.3, -0.25) is 0 Å².